The zero-order chi connectivity index (χ0) is 16.7. The summed E-state index contributed by atoms with van der Waals surface area (Å²) in [5, 5.41) is 6.38. The third kappa shape index (κ3) is 4.69. The van der Waals surface area contributed by atoms with Crippen LogP contribution < -0.4 is 15.5 Å². The molecule has 6 nitrogen and oxygen atoms in total. The maximum Gasteiger partial charge on any atom is 0.248 e. The van der Waals surface area contributed by atoms with Crippen molar-refractivity contribution >= 4 is 17.6 Å². The fourth-order valence-electron chi connectivity index (χ4n) is 2.67. The second-order valence-electron chi connectivity index (χ2n) is 5.62. The third-order valence-electron chi connectivity index (χ3n) is 3.70. The van der Waals surface area contributed by atoms with Gasteiger partial charge in [0.15, 0.2) is 5.96 Å². The Balaban J connectivity index is 1.98. The fourth-order valence-corrected chi connectivity index (χ4v) is 2.67. The van der Waals surface area contributed by atoms with Gasteiger partial charge >= 0.3 is 0 Å². The highest BCUT2D eigenvalue weighted by molar-refractivity contribution is 5.98. The predicted molar refractivity (Wildman–Crippen MR) is 93.0 cm³/mol. The van der Waals surface area contributed by atoms with Crippen LogP contribution in [0.15, 0.2) is 29.3 Å². The molecule has 1 atom stereocenters. The van der Waals surface area contributed by atoms with E-state index < -0.39 is 0 Å². The largest absolute Gasteiger partial charge is 0.383 e. The van der Waals surface area contributed by atoms with Crippen molar-refractivity contribution in [3.63, 3.8) is 0 Å². The zero-order valence-corrected chi connectivity index (χ0v) is 14.1. The lowest BCUT2D eigenvalue weighted by Crippen LogP contribution is -2.44. The van der Waals surface area contributed by atoms with Crippen molar-refractivity contribution < 1.29 is 9.53 Å². The summed E-state index contributed by atoms with van der Waals surface area (Å²) in [5.74, 6) is 0.657. The number of carbonyl (C=O) groups is 1. The van der Waals surface area contributed by atoms with Crippen molar-refractivity contribution in [1.29, 1.82) is 0 Å². The van der Waals surface area contributed by atoms with Crippen LogP contribution in [-0.2, 0) is 16.0 Å². The molecular weight excluding hydrogens is 292 g/mol. The number of rotatable bonds is 6. The molecule has 2 N–H and O–H groups in total. The normalized spacial score (nSPS) is 15.3. The molecule has 6 heteroatoms. The lowest BCUT2D eigenvalue weighted by Gasteiger charge is -2.19. The number of hydrogen-bond donors (Lipinski definition) is 2. The summed E-state index contributed by atoms with van der Waals surface area (Å²) in [4.78, 5) is 18.7. The van der Waals surface area contributed by atoms with E-state index in [2.05, 4.69) is 21.7 Å². The van der Waals surface area contributed by atoms with E-state index in [4.69, 9.17) is 4.74 Å². The number of fused-ring (bicyclic) bond motifs is 1. The molecule has 2 rings (SSSR count). The molecule has 1 aliphatic rings. The molecule has 1 aromatic rings. The van der Waals surface area contributed by atoms with Crippen LogP contribution in [0, 0.1) is 0 Å². The van der Waals surface area contributed by atoms with E-state index >= 15 is 0 Å². The highest BCUT2D eigenvalue weighted by Crippen LogP contribution is 2.27. The van der Waals surface area contributed by atoms with Crippen molar-refractivity contribution in [2.24, 2.45) is 4.99 Å². The number of methoxy groups -OCH3 is 1. The zero-order valence-electron chi connectivity index (χ0n) is 14.1. The van der Waals surface area contributed by atoms with Gasteiger partial charge in [-0.2, -0.15) is 0 Å². The second-order valence-corrected chi connectivity index (χ2v) is 5.62. The van der Waals surface area contributed by atoms with Crippen molar-refractivity contribution in [2.45, 2.75) is 26.3 Å². The minimum atomic E-state index is 0.0200. The van der Waals surface area contributed by atoms with Gasteiger partial charge in [0.25, 0.3) is 0 Å². The summed E-state index contributed by atoms with van der Waals surface area (Å²) in [7, 11) is 1.66. The molecule has 0 aromatic heterocycles. The smallest absolute Gasteiger partial charge is 0.248 e. The Morgan fingerprint density at radius 3 is 2.96 bits per heavy atom. The molecule has 1 aliphatic heterocycles. The Kier molecular flexibility index (Phi) is 6.40. The number of guanidine groups is 1. The number of benzene rings is 1. The van der Waals surface area contributed by atoms with Crippen molar-refractivity contribution in [2.75, 3.05) is 38.3 Å². The maximum absolute atomic E-state index is 12.5. The second kappa shape index (κ2) is 8.53. The summed E-state index contributed by atoms with van der Waals surface area (Å²) >= 11 is 0. The van der Waals surface area contributed by atoms with Crippen LogP contribution in [-0.4, -0.2) is 51.3 Å². The van der Waals surface area contributed by atoms with E-state index in [0.29, 0.717) is 12.6 Å². The molecule has 23 heavy (non-hydrogen) atoms. The van der Waals surface area contributed by atoms with Crippen LogP contribution in [0.4, 0.5) is 5.69 Å². The Morgan fingerprint density at radius 2 is 2.22 bits per heavy atom. The number of anilines is 1. The van der Waals surface area contributed by atoms with Crippen LogP contribution in [0.1, 0.15) is 19.4 Å². The fraction of sp³-hybridized carbons (Fsp3) is 0.529. The molecule has 1 aromatic carbocycles. The van der Waals surface area contributed by atoms with Gasteiger partial charge in [-0.25, -0.2) is 4.99 Å². The number of hydrogen-bond acceptors (Lipinski definition) is 3. The average Bonchev–Trinajstić information content (AvgIpc) is 2.97. The number of para-hydroxylation sites is 1. The molecule has 0 saturated carbocycles. The summed E-state index contributed by atoms with van der Waals surface area (Å²) in [5.41, 5.74) is 2.24. The first-order valence-electron chi connectivity index (χ1n) is 8.07. The summed E-state index contributed by atoms with van der Waals surface area (Å²) in [6.07, 6.45) is 0.912. The van der Waals surface area contributed by atoms with Crippen LogP contribution in [0.5, 0.6) is 0 Å². The standard InChI is InChI=1S/C17H26N4O2/c1-4-18-17(20-13(2)12-23-3)19-11-16(22)21-10-9-14-7-5-6-8-15(14)21/h5-8,13H,4,9-12H2,1-3H3,(H2,18,19,20). The average molecular weight is 318 g/mol. The summed E-state index contributed by atoms with van der Waals surface area (Å²) < 4.78 is 5.11. The topological polar surface area (TPSA) is 66.0 Å². The Hall–Kier alpha value is -2.08. The third-order valence-corrected chi connectivity index (χ3v) is 3.70. The van der Waals surface area contributed by atoms with Gasteiger partial charge < -0.3 is 20.3 Å². The molecule has 1 unspecified atom stereocenters. The molecule has 126 valence electrons. The van der Waals surface area contributed by atoms with Crippen molar-refractivity contribution in [1.82, 2.24) is 10.6 Å². The van der Waals surface area contributed by atoms with E-state index in [0.717, 1.165) is 25.2 Å². The van der Waals surface area contributed by atoms with E-state index in [-0.39, 0.29) is 18.5 Å². The molecular formula is C17H26N4O2. The van der Waals surface area contributed by atoms with Crippen LogP contribution >= 0.6 is 0 Å². The van der Waals surface area contributed by atoms with Crippen molar-refractivity contribution in [3.8, 4) is 0 Å². The SMILES string of the molecule is CCNC(=NCC(=O)N1CCc2ccccc21)NC(C)COC. The lowest BCUT2D eigenvalue weighted by atomic mass is 10.2. The van der Waals surface area contributed by atoms with Gasteiger partial charge in [0.05, 0.1) is 6.61 Å². The van der Waals surface area contributed by atoms with E-state index in [1.807, 2.05) is 36.9 Å². The van der Waals surface area contributed by atoms with Gasteiger partial charge in [-0.1, -0.05) is 18.2 Å². The van der Waals surface area contributed by atoms with Gasteiger partial charge in [0.2, 0.25) is 5.91 Å². The Labute approximate surface area is 137 Å². The molecule has 0 radical (unpaired) electrons. The minimum absolute atomic E-state index is 0.0200. The van der Waals surface area contributed by atoms with E-state index in [1.165, 1.54) is 5.56 Å². The first kappa shape index (κ1) is 17.3. The van der Waals surface area contributed by atoms with Crippen LogP contribution in [0.3, 0.4) is 0 Å². The molecule has 0 spiro atoms. The summed E-state index contributed by atoms with van der Waals surface area (Å²) in [6.45, 7) is 6.19. The maximum atomic E-state index is 12.5. The Morgan fingerprint density at radius 1 is 1.43 bits per heavy atom. The molecule has 0 saturated heterocycles. The minimum Gasteiger partial charge on any atom is -0.383 e. The van der Waals surface area contributed by atoms with Gasteiger partial charge in [-0.3, -0.25) is 4.79 Å². The number of nitrogens with zero attached hydrogens (tertiary/aromatic N) is 2. The molecule has 0 aliphatic carbocycles. The quantitative estimate of drug-likeness (QED) is 0.610. The lowest BCUT2D eigenvalue weighted by molar-refractivity contribution is -0.117. The van der Waals surface area contributed by atoms with Gasteiger partial charge in [-0.15, -0.1) is 0 Å². The number of aliphatic imine (C=N–C) groups is 1. The highest BCUT2D eigenvalue weighted by atomic mass is 16.5. The number of ether oxygens (including phenoxy) is 1. The van der Waals surface area contributed by atoms with Crippen LogP contribution in [0.2, 0.25) is 0 Å². The molecule has 1 heterocycles. The molecule has 0 fully saturated rings. The molecule has 0 bridgehead atoms. The predicted octanol–water partition coefficient (Wildman–Crippen LogP) is 1.17. The number of nitrogens with one attached hydrogen (secondary N) is 2. The number of amides is 1. The van der Waals surface area contributed by atoms with E-state index in [9.17, 15) is 4.79 Å². The number of carbonyl (C=O) groups excluding carboxylic acids is 1. The monoisotopic (exact) mass is 318 g/mol. The molecule has 1 amide bonds. The first-order chi connectivity index (χ1) is 11.2. The Bertz CT molecular complexity index is 559. The van der Waals surface area contributed by atoms with Crippen LogP contribution in [0.25, 0.3) is 0 Å². The van der Waals surface area contributed by atoms with Gasteiger partial charge in [-0.05, 0) is 31.9 Å². The van der Waals surface area contributed by atoms with Gasteiger partial charge in [0, 0.05) is 31.9 Å². The highest BCUT2D eigenvalue weighted by Gasteiger charge is 2.23. The first-order valence-corrected chi connectivity index (χ1v) is 8.07. The summed E-state index contributed by atoms with van der Waals surface area (Å²) in [6, 6.07) is 8.17. The van der Waals surface area contributed by atoms with Crippen molar-refractivity contribution in [3.05, 3.63) is 29.8 Å². The van der Waals surface area contributed by atoms with E-state index in [1.54, 1.807) is 7.11 Å². The van der Waals surface area contributed by atoms with Gasteiger partial charge in [0.1, 0.15) is 6.54 Å².